The fourth-order valence-corrected chi connectivity index (χ4v) is 1.15. The molecule has 4 heteroatoms. The molecule has 1 fully saturated rings. The lowest BCUT2D eigenvalue weighted by molar-refractivity contribution is 0.0727. The number of hydrogen-bond donors (Lipinski definition) is 0. The maximum Gasteiger partial charge on any atom is 0.409 e. The number of unbranched alkanes of at least 4 members (excludes halogenated alkanes) is 1. The average Bonchev–Trinajstić information content (AvgIpc) is 2.09. The van der Waals surface area contributed by atoms with Crippen LogP contribution in [-0.2, 0) is 4.74 Å². The summed E-state index contributed by atoms with van der Waals surface area (Å²) in [5, 5.41) is 8.28. The van der Waals surface area contributed by atoms with E-state index in [1.807, 2.05) is 6.07 Å². The van der Waals surface area contributed by atoms with Gasteiger partial charge >= 0.3 is 6.09 Å². The van der Waals surface area contributed by atoms with Gasteiger partial charge in [-0.15, -0.1) is 0 Å². The van der Waals surface area contributed by atoms with Crippen molar-refractivity contribution in [1.29, 1.82) is 5.26 Å². The molecule has 0 unspecified atom stereocenters. The first-order valence-electron chi connectivity index (χ1n) is 4.13. The summed E-state index contributed by atoms with van der Waals surface area (Å²) in [4.78, 5) is 12.7. The molecule has 0 atom stereocenters. The zero-order chi connectivity index (χ0) is 8.81. The van der Waals surface area contributed by atoms with Crippen molar-refractivity contribution in [2.75, 3.05) is 19.7 Å². The van der Waals surface area contributed by atoms with E-state index in [4.69, 9.17) is 10.00 Å². The smallest absolute Gasteiger partial charge is 0.409 e. The summed E-state index contributed by atoms with van der Waals surface area (Å²) in [6.07, 6.45) is 1.91. The Hall–Kier alpha value is -1.24. The Balaban J connectivity index is 2.21. The van der Waals surface area contributed by atoms with Crippen molar-refractivity contribution in [1.82, 2.24) is 4.90 Å². The quantitative estimate of drug-likeness (QED) is 0.593. The second-order valence-corrected chi connectivity index (χ2v) is 2.72. The summed E-state index contributed by atoms with van der Waals surface area (Å²) in [6.45, 7) is 1.95. The van der Waals surface area contributed by atoms with Gasteiger partial charge < -0.3 is 9.64 Å². The second-order valence-electron chi connectivity index (χ2n) is 2.72. The summed E-state index contributed by atoms with van der Waals surface area (Å²) in [5.74, 6) is 0. The van der Waals surface area contributed by atoms with Crippen LogP contribution in [0.4, 0.5) is 4.79 Å². The average molecular weight is 168 g/mol. The summed E-state index contributed by atoms with van der Waals surface area (Å²) in [6, 6.07) is 2.04. The molecular formula is C8H12N2O2. The van der Waals surface area contributed by atoms with Gasteiger partial charge in [-0.1, -0.05) is 0 Å². The van der Waals surface area contributed by atoms with Gasteiger partial charge in [0.15, 0.2) is 0 Å². The minimum absolute atomic E-state index is 0.237. The predicted octanol–water partition coefficient (Wildman–Crippen LogP) is 1.13. The van der Waals surface area contributed by atoms with Crippen LogP contribution in [0.25, 0.3) is 0 Å². The Morgan fingerprint density at radius 3 is 3.17 bits per heavy atom. The number of hydrogen-bond acceptors (Lipinski definition) is 3. The Morgan fingerprint density at radius 1 is 1.67 bits per heavy atom. The molecule has 0 aromatic carbocycles. The molecule has 1 aliphatic rings. The Kier molecular flexibility index (Phi) is 3.39. The lowest BCUT2D eigenvalue weighted by atomic mass is 10.3. The molecule has 0 aliphatic carbocycles. The highest BCUT2D eigenvalue weighted by molar-refractivity contribution is 5.68. The minimum Gasteiger partial charge on any atom is -0.449 e. The lowest BCUT2D eigenvalue weighted by Crippen LogP contribution is -2.38. The zero-order valence-electron chi connectivity index (χ0n) is 6.95. The van der Waals surface area contributed by atoms with E-state index in [9.17, 15) is 4.79 Å². The molecule has 1 aliphatic heterocycles. The molecule has 66 valence electrons. The number of ether oxygens (including phenoxy) is 1. The van der Waals surface area contributed by atoms with Crippen molar-refractivity contribution in [2.24, 2.45) is 0 Å². The Bertz CT molecular complexity index is 198. The monoisotopic (exact) mass is 168 g/mol. The van der Waals surface area contributed by atoms with Crippen molar-refractivity contribution in [3.63, 3.8) is 0 Å². The van der Waals surface area contributed by atoms with Gasteiger partial charge in [-0.3, -0.25) is 0 Å². The molecule has 0 aromatic heterocycles. The minimum atomic E-state index is -0.237. The number of carbonyl (C=O) groups excluding carboxylic acids is 1. The molecule has 1 heterocycles. The van der Waals surface area contributed by atoms with Crippen LogP contribution in [0.5, 0.6) is 0 Å². The van der Waals surface area contributed by atoms with Crippen molar-refractivity contribution in [3.05, 3.63) is 0 Å². The molecule has 0 aromatic rings. The van der Waals surface area contributed by atoms with Crippen molar-refractivity contribution in [2.45, 2.75) is 19.3 Å². The molecule has 4 nitrogen and oxygen atoms in total. The first kappa shape index (κ1) is 8.85. The third kappa shape index (κ3) is 2.42. The molecule has 0 bridgehead atoms. The normalized spacial score (nSPS) is 16.9. The van der Waals surface area contributed by atoms with Crippen LogP contribution >= 0.6 is 0 Å². The fraction of sp³-hybridized carbons (Fsp3) is 0.750. The number of cyclic esters (lactones) is 1. The highest BCUT2D eigenvalue weighted by atomic mass is 16.6. The number of carbonyl (C=O) groups is 1. The van der Waals surface area contributed by atoms with Gasteiger partial charge in [0.05, 0.1) is 12.7 Å². The second kappa shape index (κ2) is 4.60. The van der Waals surface area contributed by atoms with E-state index < -0.39 is 0 Å². The van der Waals surface area contributed by atoms with Crippen LogP contribution in [0.15, 0.2) is 0 Å². The molecule has 0 N–H and O–H groups in total. The number of rotatable bonds is 3. The maximum atomic E-state index is 11.0. The summed E-state index contributed by atoms with van der Waals surface area (Å²) < 4.78 is 4.83. The van der Waals surface area contributed by atoms with Crippen molar-refractivity contribution < 1.29 is 9.53 Å². The van der Waals surface area contributed by atoms with E-state index in [0.29, 0.717) is 19.6 Å². The van der Waals surface area contributed by atoms with Crippen LogP contribution in [-0.4, -0.2) is 30.7 Å². The van der Waals surface area contributed by atoms with Gasteiger partial charge in [0.1, 0.15) is 0 Å². The molecule has 0 spiro atoms. The highest BCUT2D eigenvalue weighted by Gasteiger charge is 2.18. The summed E-state index contributed by atoms with van der Waals surface area (Å²) in [7, 11) is 0. The van der Waals surface area contributed by atoms with Crippen LogP contribution in [0, 0.1) is 11.3 Å². The van der Waals surface area contributed by atoms with Crippen LogP contribution in [0.1, 0.15) is 19.3 Å². The first-order valence-corrected chi connectivity index (χ1v) is 4.13. The third-order valence-corrected chi connectivity index (χ3v) is 1.77. The zero-order valence-corrected chi connectivity index (χ0v) is 6.95. The van der Waals surface area contributed by atoms with E-state index in [2.05, 4.69) is 0 Å². The summed E-state index contributed by atoms with van der Waals surface area (Å²) in [5.41, 5.74) is 0. The molecular weight excluding hydrogens is 156 g/mol. The molecule has 1 amide bonds. The summed E-state index contributed by atoms with van der Waals surface area (Å²) >= 11 is 0. The molecule has 1 saturated heterocycles. The number of amides is 1. The Morgan fingerprint density at radius 2 is 2.50 bits per heavy atom. The van der Waals surface area contributed by atoms with Gasteiger partial charge in [0, 0.05) is 19.5 Å². The van der Waals surface area contributed by atoms with Crippen LogP contribution < -0.4 is 0 Å². The van der Waals surface area contributed by atoms with E-state index in [-0.39, 0.29) is 6.09 Å². The van der Waals surface area contributed by atoms with E-state index in [0.717, 1.165) is 19.4 Å². The molecule has 0 radical (unpaired) electrons. The maximum absolute atomic E-state index is 11.0. The van der Waals surface area contributed by atoms with Gasteiger partial charge in [0.25, 0.3) is 0 Å². The lowest BCUT2D eigenvalue weighted by Gasteiger charge is -2.25. The van der Waals surface area contributed by atoms with Gasteiger partial charge in [-0.25, -0.2) is 4.79 Å². The Labute approximate surface area is 71.7 Å². The SMILES string of the molecule is N#CCCCN1CCCOC1=O. The largest absolute Gasteiger partial charge is 0.449 e. The standard InChI is InChI=1S/C8H12N2O2/c9-4-1-2-5-10-6-3-7-12-8(10)11/h1-3,5-7H2. The molecule has 1 rings (SSSR count). The highest BCUT2D eigenvalue weighted by Crippen LogP contribution is 2.05. The van der Waals surface area contributed by atoms with Crippen molar-refractivity contribution >= 4 is 6.09 Å². The van der Waals surface area contributed by atoms with Crippen LogP contribution in [0.3, 0.4) is 0 Å². The molecule has 0 saturated carbocycles. The van der Waals surface area contributed by atoms with Crippen molar-refractivity contribution in [3.8, 4) is 6.07 Å². The predicted molar refractivity (Wildman–Crippen MR) is 42.4 cm³/mol. The van der Waals surface area contributed by atoms with Crippen LogP contribution in [0.2, 0.25) is 0 Å². The first-order chi connectivity index (χ1) is 5.84. The van der Waals surface area contributed by atoms with Gasteiger partial charge in [0.2, 0.25) is 0 Å². The molecule has 12 heavy (non-hydrogen) atoms. The van der Waals surface area contributed by atoms with Gasteiger partial charge in [-0.05, 0) is 12.8 Å². The number of nitriles is 1. The third-order valence-electron chi connectivity index (χ3n) is 1.77. The van der Waals surface area contributed by atoms with Gasteiger partial charge in [-0.2, -0.15) is 5.26 Å². The van der Waals surface area contributed by atoms with E-state index in [1.165, 1.54) is 0 Å². The van der Waals surface area contributed by atoms with E-state index in [1.54, 1.807) is 4.90 Å². The number of nitrogens with zero attached hydrogens (tertiary/aromatic N) is 2. The fourth-order valence-electron chi connectivity index (χ4n) is 1.15. The van der Waals surface area contributed by atoms with E-state index >= 15 is 0 Å². The topological polar surface area (TPSA) is 53.3 Å².